The van der Waals surface area contributed by atoms with Crippen molar-refractivity contribution >= 4 is 5.97 Å². The van der Waals surface area contributed by atoms with Crippen molar-refractivity contribution in [2.75, 3.05) is 13.1 Å². The number of benzene rings is 1. The van der Waals surface area contributed by atoms with Crippen molar-refractivity contribution in [2.24, 2.45) is 5.92 Å². The number of hydrogen-bond donors (Lipinski definition) is 2. The van der Waals surface area contributed by atoms with E-state index in [0.29, 0.717) is 11.7 Å². The van der Waals surface area contributed by atoms with Crippen molar-refractivity contribution in [3.05, 3.63) is 29.8 Å². The van der Waals surface area contributed by atoms with Crippen LogP contribution in [0.25, 0.3) is 0 Å². The fraction of sp³-hybridized carbons (Fsp3) is 0.562. The number of phenols is 1. The lowest BCUT2D eigenvalue weighted by Gasteiger charge is -2.37. The number of likely N-dealkylation sites (tertiary alicyclic amines) is 1. The Bertz CT molecular complexity index is 461. The topological polar surface area (TPSA) is 60.8 Å². The zero-order valence-corrected chi connectivity index (χ0v) is 12.0. The monoisotopic (exact) mass is 277 g/mol. The number of rotatable bonds is 5. The van der Waals surface area contributed by atoms with E-state index >= 15 is 0 Å². The summed E-state index contributed by atoms with van der Waals surface area (Å²) >= 11 is 0. The fourth-order valence-corrected chi connectivity index (χ4v) is 3.05. The van der Waals surface area contributed by atoms with Gasteiger partial charge in [0.2, 0.25) is 0 Å². The molecule has 4 nitrogen and oxygen atoms in total. The first-order chi connectivity index (χ1) is 9.58. The Hall–Kier alpha value is -1.55. The number of phenolic OH excluding ortho intramolecular Hbond substituents is 1. The zero-order valence-electron chi connectivity index (χ0n) is 12.0. The number of carboxylic acids is 1. The standard InChI is InChI=1S/C16H23NO3/c1-12(14-6-2-3-7-15(14)18)17-10-4-5-13(11-17)8-9-16(19)20/h2-3,6-7,12-13,18H,4-5,8-11H2,1H3,(H,19,20). The van der Waals surface area contributed by atoms with Gasteiger partial charge < -0.3 is 10.2 Å². The van der Waals surface area contributed by atoms with Crippen LogP contribution in [0.4, 0.5) is 0 Å². The van der Waals surface area contributed by atoms with Crippen molar-refractivity contribution in [1.29, 1.82) is 0 Å². The molecule has 2 rings (SSSR count). The van der Waals surface area contributed by atoms with Gasteiger partial charge in [0.1, 0.15) is 5.75 Å². The molecule has 1 heterocycles. The first kappa shape index (κ1) is 14.9. The minimum absolute atomic E-state index is 0.170. The summed E-state index contributed by atoms with van der Waals surface area (Å²) in [4.78, 5) is 13.0. The molecule has 1 saturated heterocycles. The van der Waals surface area contributed by atoms with E-state index in [-0.39, 0.29) is 12.5 Å². The number of para-hydroxylation sites is 1. The molecule has 2 unspecified atom stereocenters. The molecule has 1 aromatic rings. The van der Waals surface area contributed by atoms with Crippen LogP contribution < -0.4 is 0 Å². The maximum absolute atomic E-state index is 10.7. The highest BCUT2D eigenvalue weighted by molar-refractivity contribution is 5.66. The molecule has 4 heteroatoms. The third-order valence-corrected chi connectivity index (χ3v) is 4.25. The molecule has 20 heavy (non-hydrogen) atoms. The Kier molecular flexibility index (Phi) is 5.01. The van der Waals surface area contributed by atoms with Gasteiger partial charge in [0.15, 0.2) is 0 Å². The summed E-state index contributed by atoms with van der Waals surface area (Å²) in [5, 5.41) is 18.7. The van der Waals surface area contributed by atoms with E-state index in [1.165, 1.54) is 0 Å². The molecule has 1 aromatic carbocycles. The molecule has 1 fully saturated rings. The van der Waals surface area contributed by atoms with Crippen LogP contribution in [0.1, 0.15) is 44.2 Å². The van der Waals surface area contributed by atoms with Gasteiger partial charge in [-0.25, -0.2) is 0 Å². The second kappa shape index (κ2) is 6.75. The van der Waals surface area contributed by atoms with Crippen molar-refractivity contribution < 1.29 is 15.0 Å². The molecule has 0 bridgehead atoms. The Balaban J connectivity index is 1.98. The summed E-state index contributed by atoms with van der Waals surface area (Å²) in [6.07, 6.45) is 3.21. The molecule has 2 atom stereocenters. The molecule has 0 aliphatic carbocycles. The lowest BCUT2D eigenvalue weighted by atomic mass is 9.91. The maximum Gasteiger partial charge on any atom is 0.303 e. The first-order valence-corrected chi connectivity index (χ1v) is 7.31. The van der Waals surface area contributed by atoms with Crippen LogP contribution in [0.5, 0.6) is 5.75 Å². The Labute approximate surface area is 120 Å². The van der Waals surface area contributed by atoms with Gasteiger partial charge in [-0.2, -0.15) is 0 Å². The molecular weight excluding hydrogens is 254 g/mol. The molecule has 0 spiro atoms. The molecule has 1 aliphatic rings. The number of aromatic hydroxyl groups is 1. The van der Waals surface area contributed by atoms with Gasteiger partial charge in [-0.05, 0) is 44.7 Å². The Morgan fingerprint density at radius 2 is 2.20 bits per heavy atom. The predicted octanol–water partition coefficient (Wildman–Crippen LogP) is 3.03. The van der Waals surface area contributed by atoms with Crippen molar-refractivity contribution in [3.63, 3.8) is 0 Å². The minimum atomic E-state index is -0.712. The molecule has 2 N–H and O–H groups in total. The van der Waals surface area contributed by atoms with E-state index in [4.69, 9.17) is 5.11 Å². The fourth-order valence-electron chi connectivity index (χ4n) is 3.05. The van der Waals surface area contributed by atoms with Crippen molar-refractivity contribution in [1.82, 2.24) is 4.90 Å². The van der Waals surface area contributed by atoms with E-state index in [9.17, 15) is 9.90 Å². The van der Waals surface area contributed by atoms with Crippen LogP contribution in [0, 0.1) is 5.92 Å². The van der Waals surface area contributed by atoms with E-state index in [1.807, 2.05) is 18.2 Å². The quantitative estimate of drug-likeness (QED) is 0.868. The molecule has 0 radical (unpaired) electrons. The van der Waals surface area contributed by atoms with Crippen LogP contribution >= 0.6 is 0 Å². The number of carbonyl (C=O) groups is 1. The molecular formula is C16H23NO3. The summed E-state index contributed by atoms with van der Waals surface area (Å²) < 4.78 is 0. The normalized spacial score (nSPS) is 21.6. The highest BCUT2D eigenvalue weighted by Crippen LogP contribution is 2.32. The summed E-state index contributed by atoms with van der Waals surface area (Å²) in [6.45, 7) is 4.04. The first-order valence-electron chi connectivity index (χ1n) is 7.31. The lowest BCUT2D eigenvalue weighted by Crippen LogP contribution is -2.37. The van der Waals surface area contributed by atoms with E-state index < -0.39 is 5.97 Å². The molecule has 110 valence electrons. The molecule has 1 aliphatic heterocycles. The van der Waals surface area contributed by atoms with Crippen LogP contribution in [0.15, 0.2) is 24.3 Å². The molecule has 0 saturated carbocycles. The number of nitrogens with zero attached hydrogens (tertiary/aromatic N) is 1. The van der Waals surface area contributed by atoms with E-state index in [1.54, 1.807) is 6.07 Å². The second-order valence-electron chi connectivity index (χ2n) is 5.67. The van der Waals surface area contributed by atoms with Crippen LogP contribution in [0.2, 0.25) is 0 Å². The third kappa shape index (κ3) is 3.73. The van der Waals surface area contributed by atoms with Gasteiger partial charge in [-0.3, -0.25) is 9.69 Å². The number of carboxylic acid groups (broad SMARTS) is 1. The predicted molar refractivity (Wildman–Crippen MR) is 77.7 cm³/mol. The lowest BCUT2D eigenvalue weighted by molar-refractivity contribution is -0.137. The SMILES string of the molecule is CC(c1ccccc1O)N1CCCC(CCC(=O)O)C1. The summed E-state index contributed by atoms with van der Waals surface area (Å²) in [5.74, 6) is 0.0803. The minimum Gasteiger partial charge on any atom is -0.508 e. The molecule has 0 amide bonds. The summed E-state index contributed by atoms with van der Waals surface area (Å²) in [6, 6.07) is 7.62. The largest absolute Gasteiger partial charge is 0.508 e. The van der Waals surface area contributed by atoms with Crippen molar-refractivity contribution in [2.45, 2.75) is 38.6 Å². The van der Waals surface area contributed by atoms with Gasteiger partial charge >= 0.3 is 5.97 Å². The number of piperidine rings is 1. The Morgan fingerprint density at radius 3 is 2.90 bits per heavy atom. The van der Waals surface area contributed by atoms with Gasteiger partial charge in [0.25, 0.3) is 0 Å². The second-order valence-corrected chi connectivity index (χ2v) is 5.67. The summed E-state index contributed by atoms with van der Waals surface area (Å²) in [7, 11) is 0. The van der Waals surface area contributed by atoms with Crippen LogP contribution in [0.3, 0.4) is 0 Å². The highest BCUT2D eigenvalue weighted by atomic mass is 16.4. The average molecular weight is 277 g/mol. The van der Waals surface area contributed by atoms with Gasteiger partial charge in [0, 0.05) is 24.6 Å². The average Bonchev–Trinajstić information content (AvgIpc) is 2.45. The number of hydrogen-bond acceptors (Lipinski definition) is 3. The van der Waals surface area contributed by atoms with Gasteiger partial charge in [-0.15, -0.1) is 0 Å². The van der Waals surface area contributed by atoms with Gasteiger partial charge in [-0.1, -0.05) is 18.2 Å². The van der Waals surface area contributed by atoms with Crippen LogP contribution in [-0.2, 0) is 4.79 Å². The highest BCUT2D eigenvalue weighted by Gasteiger charge is 2.25. The van der Waals surface area contributed by atoms with Crippen LogP contribution in [-0.4, -0.2) is 34.2 Å². The van der Waals surface area contributed by atoms with Crippen molar-refractivity contribution in [3.8, 4) is 5.75 Å². The zero-order chi connectivity index (χ0) is 14.5. The summed E-state index contributed by atoms with van der Waals surface area (Å²) in [5.41, 5.74) is 0.950. The number of aliphatic carboxylic acids is 1. The van der Waals surface area contributed by atoms with Gasteiger partial charge in [0.05, 0.1) is 0 Å². The third-order valence-electron chi connectivity index (χ3n) is 4.25. The smallest absolute Gasteiger partial charge is 0.303 e. The molecule has 0 aromatic heterocycles. The van der Waals surface area contributed by atoms with E-state index in [0.717, 1.165) is 37.9 Å². The Morgan fingerprint density at radius 1 is 1.45 bits per heavy atom. The van der Waals surface area contributed by atoms with E-state index in [2.05, 4.69) is 11.8 Å². The maximum atomic E-state index is 10.7.